The van der Waals surface area contributed by atoms with Gasteiger partial charge in [0.1, 0.15) is 0 Å². The molecule has 0 bridgehead atoms. The molecule has 1 amide bonds. The average Bonchev–Trinajstić information content (AvgIpc) is 2.72. The average molecular weight is 266 g/mol. The van der Waals surface area contributed by atoms with E-state index < -0.39 is 5.54 Å². The highest BCUT2D eigenvalue weighted by atomic mass is 35.5. The number of carbonyl (C=O) groups excluding carboxylic acids is 1. The standard InChI is InChI=1S/C12H21Cl2NO/c1-3-12(7-13,8-14)15-11(16)10-6-4-5-9(10)2/h9-10H,3-8H2,1-2H3,(H,15,16). The van der Waals surface area contributed by atoms with Crippen molar-refractivity contribution in [3.05, 3.63) is 0 Å². The predicted octanol–water partition coefficient (Wildman–Crippen LogP) is 3.17. The maximum atomic E-state index is 12.1. The van der Waals surface area contributed by atoms with E-state index in [1.54, 1.807) is 0 Å². The van der Waals surface area contributed by atoms with E-state index in [-0.39, 0.29) is 11.8 Å². The van der Waals surface area contributed by atoms with Gasteiger partial charge in [0.25, 0.3) is 0 Å². The first-order valence-corrected chi connectivity index (χ1v) is 7.09. The lowest BCUT2D eigenvalue weighted by Gasteiger charge is -2.31. The molecular formula is C12H21Cl2NO. The number of rotatable bonds is 5. The van der Waals surface area contributed by atoms with E-state index >= 15 is 0 Å². The zero-order valence-electron chi connectivity index (χ0n) is 10.1. The molecule has 0 aromatic carbocycles. The number of carbonyl (C=O) groups is 1. The summed E-state index contributed by atoms with van der Waals surface area (Å²) in [6, 6.07) is 0. The molecule has 2 nitrogen and oxygen atoms in total. The highest BCUT2D eigenvalue weighted by Crippen LogP contribution is 2.32. The maximum Gasteiger partial charge on any atom is 0.223 e. The van der Waals surface area contributed by atoms with Gasteiger partial charge in [-0.1, -0.05) is 20.3 Å². The van der Waals surface area contributed by atoms with Crippen molar-refractivity contribution in [2.45, 2.75) is 45.1 Å². The molecule has 1 aliphatic rings. The number of hydrogen-bond acceptors (Lipinski definition) is 1. The zero-order valence-corrected chi connectivity index (χ0v) is 11.6. The van der Waals surface area contributed by atoms with Crippen LogP contribution in [0.4, 0.5) is 0 Å². The van der Waals surface area contributed by atoms with Crippen molar-refractivity contribution < 1.29 is 4.79 Å². The second-order valence-corrected chi connectivity index (χ2v) is 5.44. The van der Waals surface area contributed by atoms with Gasteiger partial charge in [-0.3, -0.25) is 4.79 Å². The molecule has 1 rings (SSSR count). The van der Waals surface area contributed by atoms with E-state index in [0.29, 0.717) is 17.7 Å². The molecule has 0 saturated heterocycles. The first-order valence-electron chi connectivity index (χ1n) is 6.02. The smallest absolute Gasteiger partial charge is 0.223 e. The molecule has 94 valence electrons. The Hall–Kier alpha value is 0.0500. The Labute approximate surface area is 108 Å². The van der Waals surface area contributed by atoms with Gasteiger partial charge in [0.2, 0.25) is 5.91 Å². The molecule has 0 spiro atoms. The van der Waals surface area contributed by atoms with Gasteiger partial charge in [-0.2, -0.15) is 0 Å². The Morgan fingerprint density at radius 3 is 2.38 bits per heavy atom. The Kier molecular flexibility index (Phi) is 5.39. The Morgan fingerprint density at radius 1 is 1.38 bits per heavy atom. The second kappa shape index (κ2) is 6.11. The Morgan fingerprint density at radius 2 is 2.00 bits per heavy atom. The van der Waals surface area contributed by atoms with Crippen LogP contribution in [0.5, 0.6) is 0 Å². The minimum absolute atomic E-state index is 0.133. The molecular weight excluding hydrogens is 245 g/mol. The van der Waals surface area contributed by atoms with E-state index in [9.17, 15) is 4.79 Å². The molecule has 0 radical (unpaired) electrons. The largest absolute Gasteiger partial charge is 0.348 e. The Balaban J connectivity index is 2.61. The number of alkyl halides is 2. The van der Waals surface area contributed by atoms with E-state index in [4.69, 9.17) is 23.2 Å². The van der Waals surface area contributed by atoms with Crippen LogP contribution in [0.2, 0.25) is 0 Å². The molecule has 2 unspecified atom stereocenters. The first kappa shape index (κ1) is 14.1. The first-order chi connectivity index (χ1) is 7.58. The third-order valence-electron chi connectivity index (χ3n) is 3.77. The van der Waals surface area contributed by atoms with Crippen LogP contribution in [0.3, 0.4) is 0 Å². The highest BCUT2D eigenvalue weighted by molar-refractivity contribution is 6.22. The third kappa shape index (κ3) is 3.04. The predicted molar refractivity (Wildman–Crippen MR) is 69.1 cm³/mol. The quantitative estimate of drug-likeness (QED) is 0.761. The molecule has 1 N–H and O–H groups in total. The van der Waals surface area contributed by atoms with Gasteiger partial charge < -0.3 is 5.32 Å². The van der Waals surface area contributed by atoms with E-state index in [1.165, 1.54) is 0 Å². The molecule has 16 heavy (non-hydrogen) atoms. The van der Waals surface area contributed by atoms with Crippen molar-refractivity contribution in [2.24, 2.45) is 11.8 Å². The van der Waals surface area contributed by atoms with Crippen molar-refractivity contribution >= 4 is 29.1 Å². The van der Waals surface area contributed by atoms with Crippen LogP contribution in [-0.2, 0) is 4.79 Å². The van der Waals surface area contributed by atoms with Crippen LogP contribution in [0.1, 0.15) is 39.5 Å². The SMILES string of the molecule is CCC(CCl)(CCl)NC(=O)C1CCCC1C. The van der Waals surface area contributed by atoms with Crippen molar-refractivity contribution in [1.29, 1.82) is 0 Å². The molecule has 2 atom stereocenters. The monoisotopic (exact) mass is 265 g/mol. The lowest BCUT2D eigenvalue weighted by molar-refractivity contribution is -0.127. The minimum Gasteiger partial charge on any atom is -0.348 e. The summed E-state index contributed by atoms with van der Waals surface area (Å²) in [5.74, 6) is 1.52. The van der Waals surface area contributed by atoms with Crippen LogP contribution in [-0.4, -0.2) is 23.2 Å². The van der Waals surface area contributed by atoms with Crippen LogP contribution in [0.15, 0.2) is 0 Å². The van der Waals surface area contributed by atoms with Crippen molar-refractivity contribution in [3.63, 3.8) is 0 Å². The summed E-state index contributed by atoms with van der Waals surface area (Å²) in [5.41, 5.74) is -0.428. The molecule has 0 aliphatic heterocycles. The van der Waals surface area contributed by atoms with Gasteiger partial charge in [-0.25, -0.2) is 0 Å². The van der Waals surface area contributed by atoms with Crippen LogP contribution in [0, 0.1) is 11.8 Å². The third-order valence-corrected chi connectivity index (χ3v) is 4.80. The fraction of sp³-hybridized carbons (Fsp3) is 0.917. The van der Waals surface area contributed by atoms with Gasteiger partial charge in [0.05, 0.1) is 5.54 Å². The molecule has 0 aromatic rings. The molecule has 0 heterocycles. The van der Waals surface area contributed by atoms with Gasteiger partial charge in [0, 0.05) is 17.7 Å². The summed E-state index contributed by atoms with van der Waals surface area (Å²) in [5, 5.41) is 3.05. The fourth-order valence-electron chi connectivity index (χ4n) is 2.27. The lowest BCUT2D eigenvalue weighted by atomic mass is 9.94. The molecule has 1 aliphatic carbocycles. The lowest BCUT2D eigenvalue weighted by Crippen LogP contribution is -2.53. The molecule has 4 heteroatoms. The number of hydrogen-bond donors (Lipinski definition) is 1. The summed E-state index contributed by atoms with van der Waals surface area (Å²) < 4.78 is 0. The van der Waals surface area contributed by atoms with Crippen molar-refractivity contribution in [1.82, 2.24) is 5.32 Å². The van der Waals surface area contributed by atoms with E-state index in [1.807, 2.05) is 6.92 Å². The normalized spacial score (nSPS) is 25.8. The summed E-state index contributed by atoms with van der Waals surface area (Å²) in [4.78, 5) is 12.1. The Bertz CT molecular complexity index is 233. The minimum atomic E-state index is -0.428. The van der Waals surface area contributed by atoms with Crippen molar-refractivity contribution in [2.75, 3.05) is 11.8 Å². The highest BCUT2D eigenvalue weighted by Gasteiger charge is 2.35. The molecule has 1 saturated carbocycles. The van der Waals surface area contributed by atoms with E-state index in [2.05, 4.69) is 12.2 Å². The molecule has 1 fully saturated rings. The summed E-state index contributed by atoms with van der Waals surface area (Å²) >= 11 is 11.8. The maximum absolute atomic E-state index is 12.1. The number of halogens is 2. The summed E-state index contributed by atoms with van der Waals surface area (Å²) in [7, 11) is 0. The van der Waals surface area contributed by atoms with Crippen LogP contribution < -0.4 is 5.32 Å². The second-order valence-electron chi connectivity index (χ2n) is 4.91. The summed E-state index contributed by atoms with van der Waals surface area (Å²) in [6.45, 7) is 4.15. The van der Waals surface area contributed by atoms with Crippen LogP contribution in [0.25, 0.3) is 0 Å². The van der Waals surface area contributed by atoms with E-state index in [0.717, 1.165) is 25.7 Å². The van der Waals surface area contributed by atoms with Crippen molar-refractivity contribution in [3.8, 4) is 0 Å². The van der Waals surface area contributed by atoms with Gasteiger partial charge in [0.15, 0.2) is 0 Å². The number of nitrogens with one attached hydrogen (secondary N) is 1. The van der Waals surface area contributed by atoms with Gasteiger partial charge >= 0.3 is 0 Å². The van der Waals surface area contributed by atoms with Crippen LogP contribution >= 0.6 is 23.2 Å². The fourth-order valence-corrected chi connectivity index (χ4v) is 3.07. The summed E-state index contributed by atoms with van der Waals surface area (Å²) in [6.07, 6.45) is 4.07. The topological polar surface area (TPSA) is 29.1 Å². The van der Waals surface area contributed by atoms with Gasteiger partial charge in [-0.15, -0.1) is 23.2 Å². The molecule has 0 aromatic heterocycles. The zero-order chi connectivity index (χ0) is 12.2. The number of amides is 1. The van der Waals surface area contributed by atoms with Gasteiger partial charge in [-0.05, 0) is 25.2 Å².